The Balaban J connectivity index is 2.12. The SMILES string of the molecule is CCC(NC(=O)C(C)Oc1cc(C)ccc1C(C)C)c1ccccc1C. The molecular weight excluding hydrogens is 322 g/mol. The highest BCUT2D eigenvalue weighted by molar-refractivity contribution is 5.81. The highest BCUT2D eigenvalue weighted by Crippen LogP contribution is 2.28. The van der Waals surface area contributed by atoms with Crippen LogP contribution < -0.4 is 10.1 Å². The van der Waals surface area contributed by atoms with Gasteiger partial charge in [-0.05, 0) is 61.4 Å². The van der Waals surface area contributed by atoms with Gasteiger partial charge in [0.2, 0.25) is 0 Å². The van der Waals surface area contributed by atoms with Gasteiger partial charge in [0, 0.05) is 0 Å². The second kappa shape index (κ2) is 8.88. The number of hydrogen-bond acceptors (Lipinski definition) is 2. The molecule has 2 atom stereocenters. The van der Waals surface area contributed by atoms with Crippen LogP contribution in [0.25, 0.3) is 0 Å². The second-order valence-corrected chi connectivity index (χ2v) is 7.28. The van der Waals surface area contributed by atoms with Gasteiger partial charge in [0.15, 0.2) is 6.10 Å². The van der Waals surface area contributed by atoms with Crippen molar-refractivity contribution in [2.75, 3.05) is 0 Å². The molecule has 2 aromatic rings. The molecule has 3 nitrogen and oxygen atoms in total. The van der Waals surface area contributed by atoms with Gasteiger partial charge in [-0.3, -0.25) is 4.79 Å². The molecular formula is C23H31NO2. The van der Waals surface area contributed by atoms with Crippen LogP contribution in [-0.2, 0) is 4.79 Å². The first-order valence-electron chi connectivity index (χ1n) is 9.46. The van der Waals surface area contributed by atoms with Crippen molar-refractivity contribution in [3.63, 3.8) is 0 Å². The molecule has 2 aromatic carbocycles. The van der Waals surface area contributed by atoms with Gasteiger partial charge in [0.25, 0.3) is 5.91 Å². The molecule has 2 unspecified atom stereocenters. The zero-order chi connectivity index (χ0) is 19.3. The summed E-state index contributed by atoms with van der Waals surface area (Å²) >= 11 is 0. The van der Waals surface area contributed by atoms with E-state index in [0.29, 0.717) is 5.92 Å². The minimum atomic E-state index is -0.549. The fourth-order valence-corrected chi connectivity index (χ4v) is 3.13. The van der Waals surface area contributed by atoms with E-state index < -0.39 is 6.10 Å². The Bertz CT molecular complexity index is 752. The maximum atomic E-state index is 12.7. The minimum absolute atomic E-state index is 0.00294. The third kappa shape index (κ3) is 4.87. The summed E-state index contributed by atoms with van der Waals surface area (Å²) in [6, 6.07) is 14.4. The van der Waals surface area contributed by atoms with Crippen LogP contribution in [0.5, 0.6) is 5.75 Å². The Labute approximate surface area is 157 Å². The minimum Gasteiger partial charge on any atom is -0.481 e. The summed E-state index contributed by atoms with van der Waals surface area (Å²) in [5.74, 6) is 1.05. The number of rotatable bonds is 7. The number of hydrogen-bond donors (Lipinski definition) is 1. The van der Waals surface area contributed by atoms with Crippen LogP contribution >= 0.6 is 0 Å². The van der Waals surface area contributed by atoms with Crippen molar-refractivity contribution in [1.82, 2.24) is 5.32 Å². The molecule has 1 N–H and O–H groups in total. The van der Waals surface area contributed by atoms with Crippen molar-refractivity contribution >= 4 is 5.91 Å². The zero-order valence-electron chi connectivity index (χ0n) is 16.8. The topological polar surface area (TPSA) is 38.3 Å². The van der Waals surface area contributed by atoms with Gasteiger partial charge in [0.05, 0.1) is 6.04 Å². The van der Waals surface area contributed by atoms with Gasteiger partial charge in [0.1, 0.15) is 5.75 Å². The summed E-state index contributed by atoms with van der Waals surface area (Å²) in [5, 5.41) is 3.14. The first kappa shape index (κ1) is 20.0. The number of aryl methyl sites for hydroxylation is 2. The molecule has 140 valence electrons. The summed E-state index contributed by atoms with van der Waals surface area (Å²) in [7, 11) is 0. The van der Waals surface area contributed by atoms with E-state index >= 15 is 0 Å². The number of carbonyl (C=O) groups excluding carboxylic acids is 1. The Kier molecular flexibility index (Phi) is 6.84. The maximum Gasteiger partial charge on any atom is 0.261 e. The van der Waals surface area contributed by atoms with Crippen LogP contribution in [0.1, 0.15) is 68.3 Å². The first-order valence-corrected chi connectivity index (χ1v) is 9.46. The average molecular weight is 354 g/mol. The lowest BCUT2D eigenvalue weighted by Gasteiger charge is -2.23. The molecule has 3 heteroatoms. The summed E-state index contributed by atoms with van der Waals surface area (Å²) in [5.41, 5.74) is 4.60. The van der Waals surface area contributed by atoms with Gasteiger partial charge >= 0.3 is 0 Å². The van der Waals surface area contributed by atoms with Crippen molar-refractivity contribution in [3.05, 3.63) is 64.7 Å². The smallest absolute Gasteiger partial charge is 0.261 e. The van der Waals surface area contributed by atoms with Crippen LogP contribution in [0, 0.1) is 13.8 Å². The monoisotopic (exact) mass is 353 g/mol. The Morgan fingerprint density at radius 1 is 1.04 bits per heavy atom. The van der Waals surface area contributed by atoms with Crippen molar-refractivity contribution < 1.29 is 9.53 Å². The van der Waals surface area contributed by atoms with E-state index in [1.165, 1.54) is 5.56 Å². The molecule has 0 aliphatic heterocycles. The predicted octanol–water partition coefficient (Wildman–Crippen LogP) is 5.46. The quantitative estimate of drug-likeness (QED) is 0.717. The van der Waals surface area contributed by atoms with Gasteiger partial charge in [-0.2, -0.15) is 0 Å². The molecule has 0 radical (unpaired) electrons. The number of ether oxygens (including phenoxy) is 1. The van der Waals surface area contributed by atoms with E-state index in [9.17, 15) is 4.79 Å². The molecule has 0 bridgehead atoms. The molecule has 0 saturated heterocycles. The number of benzene rings is 2. The zero-order valence-corrected chi connectivity index (χ0v) is 16.8. The van der Waals surface area contributed by atoms with E-state index in [1.807, 2.05) is 32.0 Å². The van der Waals surface area contributed by atoms with Crippen LogP contribution in [0.2, 0.25) is 0 Å². The van der Waals surface area contributed by atoms with E-state index in [2.05, 4.69) is 57.3 Å². The molecule has 26 heavy (non-hydrogen) atoms. The maximum absolute atomic E-state index is 12.7. The number of carbonyl (C=O) groups is 1. The summed E-state index contributed by atoms with van der Waals surface area (Å²) in [6.07, 6.45) is 0.290. The van der Waals surface area contributed by atoms with E-state index in [-0.39, 0.29) is 11.9 Å². The van der Waals surface area contributed by atoms with Gasteiger partial charge in [-0.1, -0.05) is 57.2 Å². The predicted molar refractivity (Wildman–Crippen MR) is 108 cm³/mol. The fourth-order valence-electron chi connectivity index (χ4n) is 3.13. The molecule has 0 saturated carbocycles. The second-order valence-electron chi connectivity index (χ2n) is 7.28. The third-order valence-corrected chi connectivity index (χ3v) is 4.75. The highest BCUT2D eigenvalue weighted by atomic mass is 16.5. The summed E-state index contributed by atoms with van der Waals surface area (Å²) in [6.45, 7) is 12.3. The lowest BCUT2D eigenvalue weighted by atomic mass is 9.99. The molecule has 0 aliphatic rings. The molecule has 0 heterocycles. The van der Waals surface area contributed by atoms with Crippen LogP contribution in [0.4, 0.5) is 0 Å². The molecule has 1 amide bonds. The number of nitrogens with one attached hydrogen (secondary N) is 1. The summed E-state index contributed by atoms with van der Waals surface area (Å²) < 4.78 is 6.05. The van der Waals surface area contributed by atoms with E-state index in [1.54, 1.807) is 0 Å². The fraction of sp³-hybridized carbons (Fsp3) is 0.435. The first-order chi connectivity index (χ1) is 12.3. The molecule has 2 rings (SSSR count). The molecule has 0 spiro atoms. The van der Waals surface area contributed by atoms with Gasteiger partial charge < -0.3 is 10.1 Å². The lowest BCUT2D eigenvalue weighted by molar-refractivity contribution is -0.128. The standard InChI is InChI=1S/C23H31NO2/c1-7-21(20-11-9-8-10-17(20)5)24-23(25)18(6)26-22-14-16(4)12-13-19(22)15(2)3/h8-15,18,21H,7H2,1-6H3,(H,24,25). The molecule has 0 aromatic heterocycles. The Morgan fingerprint density at radius 2 is 1.73 bits per heavy atom. The Hall–Kier alpha value is -2.29. The number of amides is 1. The van der Waals surface area contributed by atoms with Gasteiger partial charge in [-0.15, -0.1) is 0 Å². The normalized spacial score (nSPS) is 13.3. The van der Waals surface area contributed by atoms with E-state index in [0.717, 1.165) is 28.9 Å². The van der Waals surface area contributed by atoms with E-state index in [4.69, 9.17) is 4.74 Å². The van der Waals surface area contributed by atoms with Crippen LogP contribution in [0.15, 0.2) is 42.5 Å². The van der Waals surface area contributed by atoms with Gasteiger partial charge in [-0.25, -0.2) is 0 Å². The highest BCUT2D eigenvalue weighted by Gasteiger charge is 2.21. The van der Waals surface area contributed by atoms with Crippen LogP contribution in [0.3, 0.4) is 0 Å². The molecule has 0 aliphatic carbocycles. The van der Waals surface area contributed by atoms with Crippen molar-refractivity contribution in [3.8, 4) is 5.75 Å². The molecule has 0 fully saturated rings. The van der Waals surface area contributed by atoms with Crippen molar-refractivity contribution in [1.29, 1.82) is 0 Å². The average Bonchev–Trinajstić information content (AvgIpc) is 2.60. The summed E-state index contributed by atoms with van der Waals surface area (Å²) in [4.78, 5) is 12.7. The largest absolute Gasteiger partial charge is 0.481 e. The Morgan fingerprint density at radius 3 is 2.35 bits per heavy atom. The van der Waals surface area contributed by atoms with Crippen molar-refractivity contribution in [2.24, 2.45) is 0 Å². The third-order valence-electron chi connectivity index (χ3n) is 4.75. The van der Waals surface area contributed by atoms with Crippen LogP contribution in [-0.4, -0.2) is 12.0 Å². The van der Waals surface area contributed by atoms with Crippen molar-refractivity contribution in [2.45, 2.75) is 66.0 Å². The lowest BCUT2D eigenvalue weighted by Crippen LogP contribution is -2.38.